The number of carboxylic acid groups (broad SMARTS) is 1. The summed E-state index contributed by atoms with van der Waals surface area (Å²) in [6.07, 6.45) is 0. The van der Waals surface area contributed by atoms with Crippen molar-refractivity contribution in [3.63, 3.8) is 0 Å². The minimum atomic E-state index is -4.25. The molecule has 1 aromatic rings. The van der Waals surface area contributed by atoms with Gasteiger partial charge >= 0.3 is 0 Å². The number of carbonyl (C=O) groups excluding carboxylic acids is 2. The largest absolute Gasteiger partial charge is 0.744 e. The van der Waals surface area contributed by atoms with Crippen LogP contribution < -0.4 is 10.4 Å². The summed E-state index contributed by atoms with van der Waals surface area (Å²) in [5.41, 5.74) is 0. The molecule has 1 N–H and O–H groups in total. The summed E-state index contributed by atoms with van der Waals surface area (Å²) < 4.78 is 31.0. The van der Waals surface area contributed by atoms with Crippen LogP contribution in [-0.4, -0.2) is 56.6 Å². The Balaban J connectivity index is -0.000000342. The third-order valence-corrected chi connectivity index (χ3v) is 3.14. The fourth-order valence-electron chi connectivity index (χ4n) is 1.29. The van der Waals surface area contributed by atoms with E-state index < -0.39 is 22.0 Å². The van der Waals surface area contributed by atoms with Gasteiger partial charge in [0.15, 0.2) is 6.67 Å². The number of hydrogen-bond acceptors (Lipinski definition) is 6. The number of nitrogens with one attached hydrogen (secondary N) is 1. The second-order valence-corrected chi connectivity index (χ2v) is 6.37. The van der Waals surface area contributed by atoms with Crippen molar-refractivity contribution in [2.45, 2.75) is 18.7 Å². The Kier molecular flexibility index (Phi) is 13.2. The first-order chi connectivity index (χ1) is 10.9. The Morgan fingerprint density at radius 2 is 1.60 bits per heavy atom. The second kappa shape index (κ2) is 12.3. The minimum Gasteiger partial charge on any atom is -0.744 e. The van der Waals surface area contributed by atoms with Gasteiger partial charge in [0.25, 0.3) is 0 Å². The quantitative estimate of drug-likeness (QED) is 0.205. The van der Waals surface area contributed by atoms with Gasteiger partial charge in [0.05, 0.1) is 30.9 Å². The zero-order valence-corrected chi connectivity index (χ0v) is 18.4. The van der Waals surface area contributed by atoms with Gasteiger partial charge in [0, 0.05) is 0 Å². The molecule has 0 aliphatic heterocycles. The smallest absolute Gasteiger partial charge is 0.152 e. The van der Waals surface area contributed by atoms with E-state index in [9.17, 15) is 27.7 Å². The van der Waals surface area contributed by atoms with E-state index in [1.165, 1.54) is 24.3 Å². The third kappa shape index (κ3) is 15.6. The van der Waals surface area contributed by atoms with Crippen LogP contribution in [0, 0.1) is 6.92 Å². The zero-order valence-electron chi connectivity index (χ0n) is 14.7. The molecule has 10 heteroatoms. The Bertz CT molecular complexity index is 606. The molecule has 25 heavy (non-hydrogen) atoms. The van der Waals surface area contributed by atoms with Gasteiger partial charge in [-0.3, -0.25) is 0 Å². The van der Waals surface area contributed by atoms with Crippen molar-refractivity contribution in [1.82, 2.24) is 5.32 Å². The van der Waals surface area contributed by atoms with E-state index in [1.54, 1.807) is 20.2 Å². The Morgan fingerprint density at radius 1 is 1.16 bits per heavy atom. The molecule has 1 aromatic carbocycles. The predicted octanol–water partition coefficient (Wildman–Crippen LogP) is -0.663. The van der Waals surface area contributed by atoms with Crippen molar-refractivity contribution in [3.8, 4) is 0 Å². The van der Waals surface area contributed by atoms with Gasteiger partial charge < -0.3 is 36.0 Å². The van der Waals surface area contributed by atoms with Gasteiger partial charge in [-0.2, -0.15) is 0 Å². The number of likely N-dealkylation sites (N-methyl/N-ethyl adjacent to an activating group) is 1. The van der Waals surface area contributed by atoms with Crippen molar-refractivity contribution in [1.29, 1.82) is 0 Å². The van der Waals surface area contributed by atoms with Crippen LogP contribution in [0.15, 0.2) is 35.2 Å². The molecule has 0 spiro atoms. The average Bonchev–Trinajstić information content (AvgIpc) is 2.47. The van der Waals surface area contributed by atoms with Crippen molar-refractivity contribution >= 4 is 22.0 Å². The fourth-order valence-corrected chi connectivity index (χ4v) is 1.79. The first kappa shape index (κ1) is 26.8. The molecule has 0 aromatic heterocycles. The zero-order chi connectivity index (χ0) is 19.4. The minimum absolute atomic E-state index is 0. The molecule has 1 rings (SSSR count). The maximum absolute atomic E-state index is 10.4. The fraction of sp³-hybridized carbons (Fsp3) is 0.400. The number of carbonyl (C=O) groups is 2. The van der Waals surface area contributed by atoms with E-state index in [-0.39, 0.29) is 22.6 Å². The molecule has 0 bridgehead atoms. The number of quaternary nitrogens is 1. The normalized spacial score (nSPS) is 9.96. The SMILES string of the molecule is CC.O=S(=O)([O-])c1ccccc1.[CH2-]C(=O)NC[N+](C)(C)CC(=O)[O-].[Cm]. The number of rotatable bonds is 5. The van der Waals surface area contributed by atoms with E-state index in [1.807, 2.05) is 13.8 Å². The van der Waals surface area contributed by atoms with Crippen LogP contribution >= 0.6 is 0 Å². The van der Waals surface area contributed by atoms with Crippen LogP contribution in [0.3, 0.4) is 0 Å². The van der Waals surface area contributed by atoms with Gasteiger partial charge in [0.2, 0.25) is 0 Å². The Hall–Kier alpha value is -3.10. The molecule has 0 fully saturated rings. The molecule has 0 saturated carbocycles. The third-order valence-electron chi connectivity index (χ3n) is 2.29. The monoisotopic (exact) mass is 603 g/mol. The molecule has 0 heterocycles. The van der Waals surface area contributed by atoms with E-state index in [0.29, 0.717) is 0 Å². The van der Waals surface area contributed by atoms with Crippen molar-refractivity contribution in [2.75, 3.05) is 27.3 Å². The predicted molar refractivity (Wildman–Crippen MR) is 86.1 cm³/mol. The standard InChI is InChI=1S/C7H14N2O3.C6H6O3S.C2H6.Cm/c1-6(10)8-5-9(2,3)4-7(11)12;7-10(8,9)6-4-2-1-3-5-6;1-2;/h1,4-5H2,2-3H3,(H,8,10)(H,11,12);1-5H,(H,7,8,9);1-2H3;/p-2. The number of nitrogens with zero attached hydrogens (tertiary/aromatic N) is 1. The van der Waals surface area contributed by atoms with E-state index >= 15 is 0 Å². The first-order valence-corrected chi connectivity index (χ1v) is 8.47. The number of amides is 1. The van der Waals surface area contributed by atoms with Crippen LogP contribution in [0.2, 0.25) is 0 Å². The van der Waals surface area contributed by atoms with E-state index in [0.717, 1.165) is 0 Å². The molecule has 0 radical (unpaired) electrons. The molecule has 0 unspecified atom stereocenters. The maximum atomic E-state index is 10.4. The van der Waals surface area contributed by atoms with E-state index in [4.69, 9.17) is 0 Å². The van der Waals surface area contributed by atoms with Crippen LogP contribution in [0.1, 0.15) is 13.8 Å². The van der Waals surface area contributed by atoms with Crippen molar-refractivity contribution in [3.05, 3.63) is 37.3 Å². The van der Waals surface area contributed by atoms with Crippen molar-refractivity contribution < 1.29 is 32.1 Å². The van der Waals surface area contributed by atoms with E-state index in [2.05, 4.69) is 12.2 Å². The van der Waals surface area contributed by atoms with Gasteiger partial charge in [-0.1, -0.05) is 32.0 Å². The van der Waals surface area contributed by atoms with Gasteiger partial charge in [-0.15, -0.1) is 0 Å². The molecule has 1 amide bonds. The number of benzene rings is 1. The van der Waals surface area contributed by atoms with Gasteiger partial charge in [-0.25, -0.2) is 8.42 Å². The Morgan fingerprint density at radius 3 is 1.88 bits per heavy atom. The summed E-state index contributed by atoms with van der Waals surface area (Å²) in [5.74, 6) is -1.56. The molecule has 8 nitrogen and oxygen atoms in total. The number of carboxylic acids is 1. The van der Waals surface area contributed by atoms with Crippen LogP contribution in [-0.2, 0) is 19.7 Å². The molecule has 0 aliphatic rings. The summed E-state index contributed by atoms with van der Waals surface area (Å²) in [4.78, 5) is 20.4. The molecule has 146 valence electrons. The number of aliphatic carboxylic acids is 1. The molecule has 0 saturated heterocycles. The summed E-state index contributed by atoms with van der Waals surface area (Å²) in [5, 5.41) is 12.6. The topological polar surface area (TPSA) is 126 Å². The summed E-state index contributed by atoms with van der Waals surface area (Å²) >= 11 is 0. The second-order valence-electron chi connectivity index (χ2n) is 4.99. The maximum Gasteiger partial charge on any atom is 0.152 e. The summed E-state index contributed by atoms with van der Waals surface area (Å²) in [7, 11) is -0.908. The Labute approximate surface area is 143 Å². The average molecular weight is 607 g/mol. The van der Waals surface area contributed by atoms with Crippen LogP contribution in [0.4, 0.5) is 0 Å². The number of hydrogen-bond donors (Lipinski definition) is 1. The molecular weight excluding hydrogens is 583 g/mol. The van der Waals surface area contributed by atoms with Gasteiger partial charge in [0.1, 0.15) is 16.7 Å². The molecular formula is C15H24CmN2O6S-2. The molecule has 0 atom stereocenters. The van der Waals surface area contributed by atoms with Crippen LogP contribution in [0.5, 0.6) is 0 Å². The molecule has 0 aliphatic carbocycles. The summed E-state index contributed by atoms with van der Waals surface area (Å²) in [6.45, 7) is 7.19. The van der Waals surface area contributed by atoms with Crippen molar-refractivity contribution in [2.24, 2.45) is 0 Å². The van der Waals surface area contributed by atoms with Crippen LogP contribution in [0.25, 0.3) is 0 Å². The summed E-state index contributed by atoms with van der Waals surface area (Å²) in [6, 6.07) is 7.19. The first-order valence-electron chi connectivity index (χ1n) is 7.06. The van der Waals surface area contributed by atoms with Gasteiger partial charge in [-0.05, 0) is 12.1 Å².